The molecule has 1 aromatic carbocycles. The van der Waals surface area contributed by atoms with Gasteiger partial charge < -0.3 is 5.32 Å². The third kappa shape index (κ3) is 3.08. The first-order chi connectivity index (χ1) is 8.89. The molecule has 0 spiro atoms. The molecule has 1 atom stereocenters. The van der Waals surface area contributed by atoms with E-state index in [4.69, 9.17) is 0 Å². The highest BCUT2D eigenvalue weighted by Gasteiger charge is 2.23. The van der Waals surface area contributed by atoms with Crippen molar-refractivity contribution in [2.24, 2.45) is 0 Å². The van der Waals surface area contributed by atoms with E-state index in [2.05, 4.69) is 11.9 Å². The largest absolute Gasteiger partial charge is 0.376 e. The summed E-state index contributed by atoms with van der Waals surface area (Å²) in [5.41, 5.74) is -0.000516. The van der Waals surface area contributed by atoms with Crippen LogP contribution in [0.4, 0.5) is 13.2 Å². The molecule has 4 heteroatoms. The smallest absolute Gasteiger partial charge is 0.135 e. The summed E-state index contributed by atoms with van der Waals surface area (Å²) in [6.45, 7) is 5.60. The minimum absolute atomic E-state index is 0.200. The summed E-state index contributed by atoms with van der Waals surface area (Å²) >= 11 is 0. The van der Waals surface area contributed by atoms with E-state index in [0.29, 0.717) is 12.1 Å². The molecular formula is C15H14F3N. The Bertz CT molecular complexity index is 575. The van der Waals surface area contributed by atoms with Gasteiger partial charge in [0.05, 0.1) is 5.54 Å². The second-order valence-electron chi connectivity index (χ2n) is 4.77. The van der Waals surface area contributed by atoms with Crippen molar-refractivity contribution >= 4 is 5.70 Å². The molecule has 0 heterocycles. The van der Waals surface area contributed by atoms with Crippen molar-refractivity contribution in [2.45, 2.75) is 18.9 Å². The average molecular weight is 265 g/mol. The lowest BCUT2D eigenvalue weighted by Gasteiger charge is -2.30. The molecule has 1 unspecified atom stereocenters. The molecule has 19 heavy (non-hydrogen) atoms. The molecule has 1 aliphatic rings. The zero-order valence-corrected chi connectivity index (χ0v) is 10.5. The van der Waals surface area contributed by atoms with Crippen LogP contribution < -0.4 is 5.32 Å². The minimum atomic E-state index is -0.678. The van der Waals surface area contributed by atoms with Gasteiger partial charge in [0.1, 0.15) is 17.5 Å². The lowest BCUT2D eigenvalue weighted by molar-refractivity contribution is 0.495. The molecule has 1 aliphatic carbocycles. The van der Waals surface area contributed by atoms with Crippen LogP contribution >= 0.6 is 0 Å². The maximum atomic E-state index is 13.6. The maximum Gasteiger partial charge on any atom is 0.135 e. The number of rotatable bonds is 3. The standard InChI is InChI=1S/C15H14F3N/c1-10(13-4-3-12(17)9-14(13)18)19-15(2)7-5-11(16)6-8-15/h3-7,9,19H,1,8H2,2H3. The molecule has 100 valence electrons. The Morgan fingerprint density at radius 3 is 2.63 bits per heavy atom. The van der Waals surface area contributed by atoms with E-state index in [1.165, 1.54) is 24.3 Å². The van der Waals surface area contributed by atoms with Crippen molar-refractivity contribution in [3.63, 3.8) is 0 Å². The van der Waals surface area contributed by atoms with Crippen molar-refractivity contribution in [1.29, 1.82) is 0 Å². The van der Waals surface area contributed by atoms with Gasteiger partial charge >= 0.3 is 0 Å². The zero-order chi connectivity index (χ0) is 14.0. The van der Waals surface area contributed by atoms with E-state index >= 15 is 0 Å². The second-order valence-corrected chi connectivity index (χ2v) is 4.77. The predicted molar refractivity (Wildman–Crippen MR) is 69.9 cm³/mol. The van der Waals surface area contributed by atoms with Crippen LogP contribution in [0.3, 0.4) is 0 Å². The fraction of sp³-hybridized carbons (Fsp3) is 0.200. The van der Waals surface area contributed by atoms with Crippen LogP contribution in [0.2, 0.25) is 0 Å². The average Bonchev–Trinajstić information content (AvgIpc) is 2.33. The second kappa shape index (κ2) is 4.96. The number of hydrogen-bond acceptors (Lipinski definition) is 1. The Hall–Kier alpha value is -1.97. The Kier molecular flexibility index (Phi) is 3.51. The van der Waals surface area contributed by atoms with Gasteiger partial charge in [0.15, 0.2) is 0 Å². The number of benzene rings is 1. The van der Waals surface area contributed by atoms with Gasteiger partial charge in [-0.05, 0) is 37.6 Å². The van der Waals surface area contributed by atoms with Gasteiger partial charge in [-0.25, -0.2) is 13.2 Å². The lowest BCUT2D eigenvalue weighted by Crippen LogP contribution is -2.39. The van der Waals surface area contributed by atoms with E-state index in [1.807, 2.05) is 6.92 Å². The third-order valence-corrected chi connectivity index (χ3v) is 3.02. The minimum Gasteiger partial charge on any atom is -0.376 e. The first-order valence-electron chi connectivity index (χ1n) is 5.87. The quantitative estimate of drug-likeness (QED) is 0.867. The van der Waals surface area contributed by atoms with Crippen LogP contribution in [0.5, 0.6) is 0 Å². The van der Waals surface area contributed by atoms with E-state index < -0.39 is 17.2 Å². The molecule has 0 saturated carbocycles. The molecule has 0 amide bonds. The first kappa shape index (κ1) is 13.5. The molecule has 0 fully saturated rings. The summed E-state index contributed by atoms with van der Waals surface area (Å²) in [6.07, 6.45) is 4.89. The maximum absolute atomic E-state index is 13.6. The SMILES string of the molecule is C=C(NC1(C)C=CC(F)=CC1)c1ccc(F)cc1F. The van der Waals surface area contributed by atoms with E-state index in [-0.39, 0.29) is 11.4 Å². The van der Waals surface area contributed by atoms with Crippen LogP contribution in [-0.4, -0.2) is 5.54 Å². The lowest BCUT2D eigenvalue weighted by atomic mass is 9.92. The molecule has 0 radical (unpaired) electrons. The number of allylic oxidation sites excluding steroid dienone is 2. The summed E-state index contributed by atoms with van der Waals surface area (Å²) < 4.78 is 39.4. The van der Waals surface area contributed by atoms with Crippen LogP contribution in [0.1, 0.15) is 18.9 Å². The molecule has 0 aliphatic heterocycles. The van der Waals surface area contributed by atoms with Crippen molar-refractivity contribution in [3.8, 4) is 0 Å². The Balaban J connectivity index is 2.16. The summed E-state index contributed by atoms with van der Waals surface area (Å²) in [6, 6.07) is 3.30. The third-order valence-electron chi connectivity index (χ3n) is 3.02. The predicted octanol–water partition coefficient (Wildman–Crippen LogP) is 4.10. The highest BCUT2D eigenvalue weighted by atomic mass is 19.1. The summed E-state index contributed by atoms with van der Waals surface area (Å²) in [4.78, 5) is 0. The van der Waals surface area contributed by atoms with Gasteiger partial charge in [-0.15, -0.1) is 0 Å². The van der Waals surface area contributed by atoms with Crippen LogP contribution in [-0.2, 0) is 0 Å². The molecule has 1 N–H and O–H groups in total. The summed E-state index contributed by atoms with van der Waals surface area (Å²) in [5.74, 6) is -1.61. The molecule has 0 bridgehead atoms. The van der Waals surface area contributed by atoms with Crippen molar-refractivity contribution in [3.05, 3.63) is 66.0 Å². The fourth-order valence-corrected chi connectivity index (χ4v) is 1.95. The van der Waals surface area contributed by atoms with Crippen molar-refractivity contribution < 1.29 is 13.2 Å². The highest BCUT2D eigenvalue weighted by Crippen LogP contribution is 2.25. The molecule has 0 saturated heterocycles. The van der Waals surface area contributed by atoms with Gasteiger partial charge in [-0.3, -0.25) is 0 Å². The van der Waals surface area contributed by atoms with Crippen LogP contribution in [0.25, 0.3) is 5.70 Å². The van der Waals surface area contributed by atoms with Gasteiger partial charge in [0, 0.05) is 17.3 Å². The van der Waals surface area contributed by atoms with Crippen molar-refractivity contribution in [1.82, 2.24) is 5.32 Å². The molecule has 1 aromatic rings. The summed E-state index contributed by atoms with van der Waals surface area (Å²) in [5, 5.41) is 3.04. The highest BCUT2D eigenvalue weighted by molar-refractivity contribution is 5.63. The van der Waals surface area contributed by atoms with Crippen LogP contribution in [0.15, 0.2) is 48.8 Å². The normalized spacial score (nSPS) is 22.0. The Morgan fingerprint density at radius 2 is 2.05 bits per heavy atom. The first-order valence-corrected chi connectivity index (χ1v) is 5.87. The molecule has 0 aromatic heterocycles. The number of hydrogen-bond donors (Lipinski definition) is 1. The molecule has 1 nitrogen and oxygen atoms in total. The Labute approximate surface area is 110 Å². The van der Waals surface area contributed by atoms with Crippen LogP contribution in [0, 0.1) is 11.6 Å². The van der Waals surface area contributed by atoms with E-state index in [0.717, 1.165) is 6.07 Å². The Morgan fingerprint density at radius 1 is 1.32 bits per heavy atom. The molecule has 2 rings (SSSR count). The fourth-order valence-electron chi connectivity index (χ4n) is 1.95. The monoisotopic (exact) mass is 265 g/mol. The topological polar surface area (TPSA) is 12.0 Å². The van der Waals surface area contributed by atoms with Crippen molar-refractivity contribution in [2.75, 3.05) is 0 Å². The number of halogens is 3. The summed E-state index contributed by atoms with van der Waals surface area (Å²) in [7, 11) is 0. The van der Waals surface area contributed by atoms with E-state index in [1.54, 1.807) is 6.08 Å². The van der Waals surface area contributed by atoms with E-state index in [9.17, 15) is 13.2 Å². The zero-order valence-electron chi connectivity index (χ0n) is 10.5. The number of nitrogens with one attached hydrogen (secondary N) is 1. The molecular weight excluding hydrogens is 251 g/mol. The van der Waals surface area contributed by atoms with Gasteiger partial charge in [-0.1, -0.05) is 12.7 Å². The van der Waals surface area contributed by atoms with Gasteiger partial charge in [0.25, 0.3) is 0 Å². The van der Waals surface area contributed by atoms with Gasteiger partial charge in [0.2, 0.25) is 0 Å². The van der Waals surface area contributed by atoms with Gasteiger partial charge in [-0.2, -0.15) is 0 Å².